The Morgan fingerprint density at radius 3 is 2.36 bits per heavy atom. The molecule has 3 N–H and O–H groups in total. The first-order chi connectivity index (χ1) is 11.7. The highest BCUT2D eigenvalue weighted by Gasteiger charge is 2.07. The van der Waals surface area contributed by atoms with Crippen LogP contribution >= 0.6 is 12.4 Å². The number of amides is 1. The van der Waals surface area contributed by atoms with Crippen molar-refractivity contribution in [2.45, 2.75) is 18.9 Å². The number of hydrogen-bond acceptors (Lipinski definition) is 4. The van der Waals surface area contributed by atoms with Gasteiger partial charge in [-0.05, 0) is 36.2 Å². The summed E-state index contributed by atoms with van der Waals surface area (Å²) in [6.07, 6.45) is 1.07. The molecule has 0 saturated carbocycles. The molecule has 0 aliphatic carbocycles. The second-order valence-electron chi connectivity index (χ2n) is 5.45. The summed E-state index contributed by atoms with van der Waals surface area (Å²) in [5.41, 5.74) is 7.06. The van der Waals surface area contributed by atoms with Crippen LogP contribution in [0.3, 0.4) is 0 Å². The Morgan fingerprint density at radius 1 is 1.08 bits per heavy atom. The molecule has 2 rings (SSSR count). The van der Waals surface area contributed by atoms with Crippen molar-refractivity contribution in [3.8, 4) is 11.5 Å². The van der Waals surface area contributed by atoms with Crippen molar-refractivity contribution in [2.75, 3.05) is 20.3 Å². The lowest BCUT2D eigenvalue weighted by molar-refractivity contribution is -0.121. The maximum absolute atomic E-state index is 11.8. The molecular formula is C19H25ClN2O3. The molecule has 0 aromatic heterocycles. The van der Waals surface area contributed by atoms with Gasteiger partial charge in [-0.2, -0.15) is 0 Å². The third-order valence-corrected chi connectivity index (χ3v) is 3.62. The Bertz CT molecular complexity index is 620. The molecule has 0 aliphatic rings. The summed E-state index contributed by atoms with van der Waals surface area (Å²) < 4.78 is 10.7. The number of rotatable bonds is 9. The van der Waals surface area contributed by atoms with Gasteiger partial charge in [0.05, 0.1) is 13.7 Å². The van der Waals surface area contributed by atoms with E-state index in [9.17, 15) is 4.79 Å². The second-order valence-corrected chi connectivity index (χ2v) is 5.45. The van der Waals surface area contributed by atoms with E-state index in [-0.39, 0.29) is 24.4 Å². The van der Waals surface area contributed by atoms with Gasteiger partial charge in [-0.15, -0.1) is 12.4 Å². The number of nitrogens with one attached hydrogen (secondary N) is 1. The molecule has 5 nitrogen and oxygen atoms in total. The first-order valence-electron chi connectivity index (χ1n) is 8.03. The van der Waals surface area contributed by atoms with Crippen LogP contribution in [0, 0.1) is 0 Å². The lowest BCUT2D eigenvalue weighted by atomic mass is 10.1. The summed E-state index contributed by atoms with van der Waals surface area (Å²) in [6, 6.07) is 16.9. The van der Waals surface area contributed by atoms with Crippen molar-refractivity contribution < 1.29 is 14.3 Å². The third kappa shape index (κ3) is 7.45. The van der Waals surface area contributed by atoms with Gasteiger partial charge in [0, 0.05) is 19.0 Å². The van der Waals surface area contributed by atoms with Gasteiger partial charge in [-0.1, -0.05) is 30.3 Å². The van der Waals surface area contributed by atoms with Crippen molar-refractivity contribution in [1.82, 2.24) is 5.32 Å². The number of nitrogens with two attached hydrogens (primary N) is 1. The molecule has 0 aliphatic heterocycles. The maximum atomic E-state index is 11.8. The molecule has 0 radical (unpaired) electrons. The number of methoxy groups -OCH3 is 1. The minimum absolute atomic E-state index is 0. The molecule has 0 bridgehead atoms. The van der Waals surface area contributed by atoms with E-state index in [1.165, 1.54) is 0 Å². The van der Waals surface area contributed by atoms with E-state index in [1.807, 2.05) is 54.6 Å². The van der Waals surface area contributed by atoms with E-state index in [2.05, 4.69) is 5.32 Å². The predicted molar refractivity (Wildman–Crippen MR) is 101 cm³/mol. The first kappa shape index (κ1) is 20.8. The smallest absolute Gasteiger partial charge is 0.220 e. The lowest BCUT2D eigenvalue weighted by Crippen LogP contribution is -2.31. The molecule has 1 atom stereocenters. The third-order valence-electron chi connectivity index (χ3n) is 3.62. The fourth-order valence-corrected chi connectivity index (χ4v) is 2.22. The van der Waals surface area contributed by atoms with Gasteiger partial charge in [-0.3, -0.25) is 4.79 Å². The highest BCUT2D eigenvalue weighted by atomic mass is 35.5. The molecule has 0 spiro atoms. The molecule has 2 aromatic rings. The van der Waals surface area contributed by atoms with Gasteiger partial charge < -0.3 is 20.5 Å². The van der Waals surface area contributed by atoms with E-state index in [1.54, 1.807) is 7.11 Å². The minimum atomic E-state index is -0.189. The van der Waals surface area contributed by atoms with Gasteiger partial charge in [0.1, 0.15) is 11.5 Å². The number of benzene rings is 2. The Balaban J connectivity index is 0.00000312. The molecule has 1 unspecified atom stereocenters. The van der Waals surface area contributed by atoms with Gasteiger partial charge in [0.15, 0.2) is 0 Å². The maximum Gasteiger partial charge on any atom is 0.220 e. The number of hydrogen-bond donors (Lipinski definition) is 2. The van der Waals surface area contributed by atoms with E-state index < -0.39 is 0 Å². The fraction of sp³-hybridized carbons (Fsp3) is 0.316. The fourth-order valence-electron chi connectivity index (χ4n) is 2.22. The topological polar surface area (TPSA) is 73.6 Å². The predicted octanol–water partition coefficient (Wildman–Crippen LogP) is 3.09. The van der Waals surface area contributed by atoms with E-state index in [0.29, 0.717) is 26.0 Å². The molecule has 0 fully saturated rings. The van der Waals surface area contributed by atoms with Gasteiger partial charge in [0.25, 0.3) is 0 Å². The monoisotopic (exact) mass is 364 g/mol. The number of carbonyl (C=O) groups excluding carboxylic acids is 1. The van der Waals surface area contributed by atoms with Crippen LogP contribution in [0.25, 0.3) is 0 Å². The summed E-state index contributed by atoms with van der Waals surface area (Å²) in [5.74, 6) is 1.54. The zero-order valence-electron chi connectivity index (χ0n) is 14.3. The average Bonchev–Trinajstić information content (AvgIpc) is 2.64. The molecule has 136 valence electrons. The Hall–Kier alpha value is -2.24. The van der Waals surface area contributed by atoms with Crippen molar-refractivity contribution in [3.05, 3.63) is 60.2 Å². The summed E-state index contributed by atoms with van der Waals surface area (Å²) in [4.78, 5) is 11.8. The molecule has 0 heterocycles. The van der Waals surface area contributed by atoms with Gasteiger partial charge in [0.2, 0.25) is 5.91 Å². The van der Waals surface area contributed by atoms with Crippen LogP contribution in [0.15, 0.2) is 54.6 Å². The van der Waals surface area contributed by atoms with Crippen LogP contribution in [0.1, 0.15) is 24.4 Å². The van der Waals surface area contributed by atoms with Gasteiger partial charge >= 0.3 is 0 Å². The molecule has 2 aromatic carbocycles. The quantitative estimate of drug-likeness (QED) is 0.670. The average molecular weight is 365 g/mol. The summed E-state index contributed by atoms with van der Waals surface area (Å²) >= 11 is 0. The van der Waals surface area contributed by atoms with E-state index >= 15 is 0 Å². The molecule has 0 saturated heterocycles. The summed E-state index contributed by atoms with van der Waals surface area (Å²) in [6.45, 7) is 0.923. The van der Waals surface area contributed by atoms with Crippen LogP contribution in [-0.4, -0.2) is 26.2 Å². The second kappa shape index (κ2) is 11.3. The normalized spacial score (nSPS) is 11.1. The van der Waals surface area contributed by atoms with Crippen molar-refractivity contribution in [3.63, 3.8) is 0 Å². The SMILES string of the molecule is COc1ccc(OCCCC(=O)NCC(N)c2ccccc2)cc1.Cl. The summed E-state index contributed by atoms with van der Waals surface area (Å²) in [5, 5.41) is 2.86. The van der Waals surface area contributed by atoms with E-state index in [0.717, 1.165) is 17.1 Å². The minimum Gasteiger partial charge on any atom is -0.497 e. The van der Waals surface area contributed by atoms with Crippen LogP contribution in [0.2, 0.25) is 0 Å². The van der Waals surface area contributed by atoms with Crippen molar-refractivity contribution in [1.29, 1.82) is 0 Å². The lowest BCUT2D eigenvalue weighted by Gasteiger charge is -2.13. The zero-order chi connectivity index (χ0) is 17.2. The van der Waals surface area contributed by atoms with Crippen LogP contribution in [0.5, 0.6) is 11.5 Å². The van der Waals surface area contributed by atoms with Crippen molar-refractivity contribution in [2.24, 2.45) is 5.73 Å². The number of carbonyl (C=O) groups is 1. The molecular weight excluding hydrogens is 340 g/mol. The molecule has 1 amide bonds. The molecule has 6 heteroatoms. The Morgan fingerprint density at radius 2 is 1.72 bits per heavy atom. The summed E-state index contributed by atoms with van der Waals surface area (Å²) in [7, 11) is 1.62. The highest BCUT2D eigenvalue weighted by molar-refractivity contribution is 5.85. The van der Waals surface area contributed by atoms with Crippen LogP contribution in [0.4, 0.5) is 0 Å². The Labute approximate surface area is 154 Å². The standard InChI is InChI=1S/C19H24N2O3.ClH/c1-23-16-9-11-17(12-10-16)24-13-5-8-19(22)21-14-18(20)15-6-3-2-4-7-15;/h2-4,6-7,9-12,18H,5,8,13-14,20H2,1H3,(H,21,22);1H. The number of halogens is 1. The Kier molecular flexibility index (Phi) is 9.43. The molecule has 25 heavy (non-hydrogen) atoms. The van der Waals surface area contributed by atoms with E-state index in [4.69, 9.17) is 15.2 Å². The van der Waals surface area contributed by atoms with Crippen LogP contribution < -0.4 is 20.5 Å². The first-order valence-corrected chi connectivity index (χ1v) is 8.03. The highest BCUT2D eigenvalue weighted by Crippen LogP contribution is 2.17. The van der Waals surface area contributed by atoms with Crippen molar-refractivity contribution >= 4 is 18.3 Å². The number of ether oxygens (including phenoxy) is 2. The largest absolute Gasteiger partial charge is 0.497 e. The van der Waals surface area contributed by atoms with Gasteiger partial charge in [-0.25, -0.2) is 0 Å². The zero-order valence-corrected chi connectivity index (χ0v) is 15.1. The van der Waals surface area contributed by atoms with Crippen LogP contribution in [-0.2, 0) is 4.79 Å².